The molecule has 0 aromatic heterocycles. The largest absolute Gasteiger partial charge is 0.369 e. The average Bonchev–Trinajstić information content (AvgIpc) is 2.77. The summed E-state index contributed by atoms with van der Waals surface area (Å²) in [5.74, 6) is -0.102. The summed E-state index contributed by atoms with van der Waals surface area (Å²) in [4.78, 5) is 29.6. The van der Waals surface area contributed by atoms with Gasteiger partial charge >= 0.3 is 0 Å². The molecule has 0 radical (unpaired) electrons. The van der Waals surface area contributed by atoms with Gasteiger partial charge in [-0.05, 0) is 31.2 Å². The van der Waals surface area contributed by atoms with Crippen molar-refractivity contribution in [2.75, 3.05) is 43.4 Å². The molecule has 1 saturated heterocycles. The van der Waals surface area contributed by atoms with Crippen molar-refractivity contribution < 1.29 is 9.59 Å². The van der Waals surface area contributed by atoms with Crippen LogP contribution in [0.4, 0.5) is 5.69 Å². The number of hydrogen-bond donors (Lipinski definition) is 2. The molecule has 154 valence electrons. The van der Waals surface area contributed by atoms with Crippen LogP contribution in [-0.4, -0.2) is 55.2 Å². The number of aryl methyl sites for hydroxylation is 1. The van der Waals surface area contributed by atoms with Crippen LogP contribution in [-0.2, 0) is 9.59 Å². The second-order valence-corrected chi connectivity index (χ2v) is 8.16. The first kappa shape index (κ1) is 21.2. The van der Waals surface area contributed by atoms with Crippen LogP contribution in [0.3, 0.4) is 0 Å². The highest BCUT2D eigenvalue weighted by atomic mass is 32.2. The molecule has 29 heavy (non-hydrogen) atoms. The summed E-state index contributed by atoms with van der Waals surface area (Å²) in [7, 11) is 0. The number of piperazine rings is 1. The monoisotopic (exact) mass is 412 g/mol. The lowest BCUT2D eigenvalue weighted by atomic mass is 10.2. The van der Waals surface area contributed by atoms with E-state index in [2.05, 4.69) is 44.9 Å². The van der Waals surface area contributed by atoms with E-state index in [9.17, 15) is 9.59 Å². The second-order valence-electron chi connectivity index (χ2n) is 7.11. The zero-order chi connectivity index (χ0) is 20.5. The van der Waals surface area contributed by atoms with Crippen LogP contribution in [0, 0.1) is 6.92 Å². The molecule has 7 heteroatoms. The van der Waals surface area contributed by atoms with Crippen LogP contribution in [0.15, 0.2) is 59.5 Å². The van der Waals surface area contributed by atoms with Crippen molar-refractivity contribution in [2.24, 2.45) is 0 Å². The second kappa shape index (κ2) is 10.9. The quantitative estimate of drug-likeness (QED) is 0.540. The number of carbonyl (C=O) groups is 2. The minimum Gasteiger partial charge on any atom is -0.369 e. The number of amides is 2. The molecule has 0 spiro atoms. The van der Waals surface area contributed by atoms with Gasteiger partial charge in [0.2, 0.25) is 11.8 Å². The first-order valence-corrected chi connectivity index (χ1v) is 10.9. The molecule has 0 unspecified atom stereocenters. The molecule has 0 atom stereocenters. The van der Waals surface area contributed by atoms with Gasteiger partial charge < -0.3 is 4.90 Å². The van der Waals surface area contributed by atoms with Crippen molar-refractivity contribution in [2.45, 2.75) is 18.2 Å². The highest BCUT2D eigenvalue weighted by Crippen LogP contribution is 2.18. The van der Waals surface area contributed by atoms with Crippen LogP contribution >= 0.6 is 11.8 Å². The molecular weight excluding hydrogens is 384 g/mol. The normalized spacial score (nSPS) is 14.4. The number of hydrazine groups is 1. The summed E-state index contributed by atoms with van der Waals surface area (Å²) in [5, 5.41) is 0. The van der Waals surface area contributed by atoms with E-state index in [4.69, 9.17) is 0 Å². The number of para-hydroxylation sites is 1. The van der Waals surface area contributed by atoms with E-state index in [0.29, 0.717) is 13.0 Å². The van der Waals surface area contributed by atoms with Crippen LogP contribution in [0.25, 0.3) is 0 Å². The fourth-order valence-electron chi connectivity index (χ4n) is 3.15. The molecular formula is C22H28N4O2S. The minimum atomic E-state index is -0.208. The molecule has 1 aliphatic rings. The third-order valence-corrected chi connectivity index (χ3v) is 5.89. The van der Waals surface area contributed by atoms with Crippen LogP contribution in [0.2, 0.25) is 0 Å². The number of hydrogen-bond acceptors (Lipinski definition) is 5. The third-order valence-electron chi connectivity index (χ3n) is 4.88. The van der Waals surface area contributed by atoms with Gasteiger partial charge in [-0.25, -0.2) is 0 Å². The molecule has 0 saturated carbocycles. The van der Waals surface area contributed by atoms with E-state index in [1.54, 1.807) is 0 Å². The van der Waals surface area contributed by atoms with E-state index in [1.807, 2.05) is 37.3 Å². The van der Waals surface area contributed by atoms with Gasteiger partial charge in [0.15, 0.2) is 0 Å². The van der Waals surface area contributed by atoms with Gasteiger partial charge in [0.05, 0.1) is 5.75 Å². The molecule has 1 fully saturated rings. The molecule has 3 rings (SSSR count). The first-order chi connectivity index (χ1) is 14.1. The van der Waals surface area contributed by atoms with Crippen molar-refractivity contribution in [3.63, 3.8) is 0 Å². The van der Waals surface area contributed by atoms with Crippen LogP contribution in [0.5, 0.6) is 0 Å². The summed E-state index contributed by atoms with van der Waals surface area (Å²) in [6, 6.07) is 18.4. The standard InChI is InChI=1S/C22H28N4O2S/c1-18-7-9-20(10-8-18)29-17-22(28)24-23-21(27)11-12-25-13-15-26(16-14-25)19-5-3-2-4-6-19/h2-10H,11-17H2,1H3,(H,23,27)(H,24,28). The Labute approximate surface area is 176 Å². The maximum Gasteiger partial charge on any atom is 0.248 e. The Morgan fingerprint density at radius 3 is 2.24 bits per heavy atom. The number of benzene rings is 2. The average molecular weight is 413 g/mol. The smallest absolute Gasteiger partial charge is 0.248 e. The first-order valence-electron chi connectivity index (χ1n) is 9.89. The number of rotatable bonds is 7. The van der Waals surface area contributed by atoms with Crippen molar-refractivity contribution in [1.82, 2.24) is 15.8 Å². The molecule has 2 amide bonds. The van der Waals surface area contributed by atoms with E-state index in [0.717, 1.165) is 31.1 Å². The van der Waals surface area contributed by atoms with Gasteiger partial charge in [-0.2, -0.15) is 0 Å². The van der Waals surface area contributed by atoms with Crippen LogP contribution in [0.1, 0.15) is 12.0 Å². The van der Waals surface area contributed by atoms with Crippen LogP contribution < -0.4 is 15.8 Å². The zero-order valence-electron chi connectivity index (χ0n) is 16.8. The van der Waals surface area contributed by atoms with E-state index < -0.39 is 0 Å². The van der Waals surface area contributed by atoms with E-state index in [-0.39, 0.29) is 17.6 Å². The lowest BCUT2D eigenvalue weighted by molar-refractivity contribution is -0.127. The maximum absolute atomic E-state index is 12.0. The molecule has 0 bridgehead atoms. The molecule has 2 aromatic rings. The van der Waals surface area contributed by atoms with Gasteiger partial charge in [0, 0.05) is 49.7 Å². The lowest BCUT2D eigenvalue weighted by Gasteiger charge is -2.36. The van der Waals surface area contributed by atoms with Gasteiger partial charge in [-0.1, -0.05) is 35.9 Å². The number of nitrogens with one attached hydrogen (secondary N) is 2. The molecule has 2 aromatic carbocycles. The number of carbonyl (C=O) groups excluding carboxylic acids is 2. The lowest BCUT2D eigenvalue weighted by Crippen LogP contribution is -2.48. The van der Waals surface area contributed by atoms with Crippen molar-refractivity contribution in [1.29, 1.82) is 0 Å². The molecule has 1 aliphatic heterocycles. The topological polar surface area (TPSA) is 64.7 Å². The predicted molar refractivity (Wildman–Crippen MR) is 118 cm³/mol. The fraction of sp³-hybridized carbons (Fsp3) is 0.364. The number of nitrogens with zero attached hydrogens (tertiary/aromatic N) is 2. The summed E-state index contributed by atoms with van der Waals surface area (Å²) in [5.41, 5.74) is 7.44. The Morgan fingerprint density at radius 1 is 0.897 bits per heavy atom. The maximum atomic E-state index is 12.0. The molecule has 0 aliphatic carbocycles. The number of anilines is 1. The Hall–Kier alpha value is -2.51. The number of thioether (sulfide) groups is 1. The SMILES string of the molecule is Cc1ccc(SCC(=O)NNC(=O)CCN2CCN(c3ccccc3)CC2)cc1. The minimum absolute atomic E-state index is 0.163. The van der Waals surface area contributed by atoms with Gasteiger partial charge in [-0.15, -0.1) is 11.8 Å². The summed E-state index contributed by atoms with van der Waals surface area (Å²) < 4.78 is 0. The van der Waals surface area contributed by atoms with Gasteiger partial charge in [0.1, 0.15) is 0 Å². The Balaban J connectivity index is 1.28. The molecule has 2 N–H and O–H groups in total. The molecule has 1 heterocycles. The Morgan fingerprint density at radius 2 is 1.55 bits per heavy atom. The fourth-order valence-corrected chi connectivity index (χ4v) is 3.85. The van der Waals surface area contributed by atoms with Crippen molar-refractivity contribution in [3.05, 3.63) is 60.2 Å². The third kappa shape index (κ3) is 7.11. The highest BCUT2D eigenvalue weighted by Gasteiger charge is 2.17. The highest BCUT2D eigenvalue weighted by molar-refractivity contribution is 8.00. The molecule has 6 nitrogen and oxygen atoms in total. The van der Waals surface area contributed by atoms with E-state index in [1.165, 1.54) is 23.0 Å². The Bertz CT molecular complexity index is 790. The summed E-state index contributed by atoms with van der Waals surface area (Å²) in [6.45, 7) is 6.50. The van der Waals surface area contributed by atoms with Crippen molar-refractivity contribution in [3.8, 4) is 0 Å². The summed E-state index contributed by atoms with van der Waals surface area (Å²) in [6.07, 6.45) is 0.372. The summed E-state index contributed by atoms with van der Waals surface area (Å²) >= 11 is 1.45. The van der Waals surface area contributed by atoms with Gasteiger partial charge in [0.25, 0.3) is 0 Å². The zero-order valence-corrected chi connectivity index (χ0v) is 17.6. The van der Waals surface area contributed by atoms with Gasteiger partial charge in [-0.3, -0.25) is 25.3 Å². The Kier molecular flexibility index (Phi) is 7.95. The van der Waals surface area contributed by atoms with Crippen molar-refractivity contribution >= 4 is 29.3 Å². The predicted octanol–water partition coefficient (Wildman–Crippen LogP) is 2.45. The van der Waals surface area contributed by atoms with E-state index >= 15 is 0 Å².